The standard InChI is InChI=1S/C25H23N3O4S/c29-24-22(20-13-17(25(30)31)3-6-21(20)27-24)23(18-7-12-33-15-18)26-19-4-1-16(2-5-19)14-28-8-10-32-11-9-28/h1-7,12-13,15,27,29H,8-11,14H2,(H,30,31). The van der Waals surface area contributed by atoms with Gasteiger partial charge in [0.1, 0.15) is 0 Å². The number of aromatic hydroxyl groups is 1. The van der Waals surface area contributed by atoms with Crippen molar-refractivity contribution in [3.05, 3.63) is 81.5 Å². The normalized spacial score (nSPS) is 15.2. The molecule has 1 saturated heterocycles. The van der Waals surface area contributed by atoms with Crippen LogP contribution in [0.25, 0.3) is 10.9 Å². The molecule has 1 aliphatic rings. The van der Waals surface area contributed by atoms with E-state index in [1.54, 1.807) is 12.1 Å². The summed E-state index contributed by atoms with van der Waals surface area (Å²) in [5.41, 5.74) is 4.69. The molecule has 1 fully saturated rings. The molecule has 0 saturated carbocycles. The van der Waals surface area contributed by atoms with Crippen LogP contribution in [0.1, 0.15) is 27.0 Å². The van der Waals surface area contributed by atoms with Gasteiger partial charge in [0.25, 0.3) is 0 Å². The molecule has 3 N–H and O–H groups in total. The van der Waals surface area contributed by atoms with Crippen LogP contribution < -0.4 is 0 Å². The molecule has 0 bridgehead atoms. The van der Waals surface area contributed by atoms with Crippen LogP contribution in [0.5, 0.6) is 5.88 Å². The van der Waals surface area contributed by atoms with Gasteiger partial charge < -0.3 is 19.9 Å². The number of aromatic carboxylic acids is 1. The lowest BCUT2D eigenvalue weighted by Crippen LogP contribution is -2.35. The molecule has 168 valence electrons. The zero-order valence-electron chi connectivity index (χ0n) is 17.8. The maximum atomic E-state index is 11.5. The molecule has 33 heavy (non-hydrogen) atoms. The number of hydrogen-bond donors (Lipinski definition) is 3. The van der Waals surface area contributed by atoms with Crippen molar-refractivity contribution in [1.29, 1.82) is 0 Å². The van der Waals surface area contributed by atoms with E-state index in [4.69, 9.17) is 9.73 Å². The van der Waals surface area contributed by atoms with Crippen molar-refractivity contribution in [2.75, 3.05) is 26.3 Å². The van der Waals surface area contributed by atoms with E-state index in [0.29, 0.717) is 22.2 Å². The van der Waals surface area contributed by atoms with Crippen LogP contribution in [0.2, 0.25) is 0 Å². The number of nitrogens with zero attached hydrogens (tertiary/aromatic N) is 2. The van der Waals surface area contributed by atoms with Gasteiger partial charge in [0.05, 0.1) is 35.7 Å². The number of fused-ring (bicyclic) bond motifs is 1. The van der Waals surface area contributed by atoms with E-state index in [0.717, 1.165) is 44.1 Å². The minimum absolute atomic E-state index is 0.0403. The predicted octanol–water partition coefficient (Wildman–Crippen LogP) is 4.63. The summed E-state index contributed by atoms with van der Waals surface area (Å²) < 4.78 is 5.42. The Kier molecular flexibility index (Phi) is 5.95. The highest BCUT2D eigenvalue weighted by molar-refractivity contribution is 7.08. The van der Waals surface area contributed by atoms with Crippen LogP contribution in [0.4, 0.5) is 5.69 Å². The number of morpholine rings is 1. The number of aliphatic imine (C=N–C) groups is 1. The van der Waals surface area contributed by atoms with E-state index in [2.05, 4.69) is 22.0 Å². The lowest BCUT2D eigenvalue weighted by atomic mass is 10.0. The molecule has 0 radical (unpaired) electrons. The van der Waals surface area contributed by atoms with Crippen LogP contribution in [0.15, 0.2) is 64.3 Å². The molecular formula is C25H23N3O4S. The first-order valence-corrected chi connectivity index (χ1v) is 11.6. The van der Waals surface area contributed by atoms with Gasteiger partial charge in [-0.05, 0) is 47.3 Å². The summed E-state index contributed by atoms with van der Waals surface area (Å²) in [4.78, 5) is 21.7. The van der Waals surface area contributed by atoms with Gasteiger partial charge >= 0.3 is 5.97 Å². The summed E-state index contributed by atoms with van der Waals surface area (Å²) in [6.45, 7) is 4.26. The molecular weight excluding hydrogens is 438 g/mol. The highest BCUT2D eigenvalue weighted by Gasteiger charge is 2.20. The fourth-order valence-corrected chi connectivity index (χ4v) is 4.68. The van der Waals surface area contributed by atoms with Gasteiger partial charge in [0.15, 0.2) is 5.88 Å². The third-order valence-corrected chi connectivity index (χ3v) is 6.43. The van der Waals surface area contributed by atoms with Crippen LogP contribution in [0, 0.1) is 0 Å². The number of carboxylic acids is 1. The van der Waals surface area contributed by atoms with Gasteiger partial charge in [-0.25, -0.2) is 9.79 Å². The van der Waals surface area contributed by atoms with Crippen molar-refractivity contribution in [3.8, 4) is 5.88 Å². The van der Waals surface area contributed by atoms with Gasteiger partial charge in [0.2, 0.25) is 0 Å². The van der Waals surface area contributed by atoms with Crippen LogP contribution in [-0.2, 0) is 11.3 Å². The molecule has 0 spiro atoms. The van der Waals surface area contributed by atoms with E-state index in [-0.39, 0.29) is 11.4 Å². The Balaban J connectivity index is 1.54. The van der Waals surface area contributed by atoms with Crippen LogP contribution in [0.3, 0.4) is 0 Å². The lowest BCUT2D eigenvalue weighted by Gasteiger charge is -2.26. The van der Waals surface area contributed by atoms with Crippen molar-refractivity contribution in [3.63, 3.8) is 0 Å². The van der Waals surface area contributed by atoms with E-state index in [9.17, 15) is 15.0 Å². The third kappa shape index (κ3) is 4.54. The number of aromatic nitrogens is 1. The highest BCUT2D eigenvalue weighted by Crippen LogP contribution is 2.32. The van der Waals surface area contributed by atoms with Gasteiger partial charge in [0, 0.05) is 41.5 Å². The molecule has 2 aromatic heterocycles. The third-order valence-electron chi connectivity index (χ3n) is 5.74. The summed E-state index contributed by atoms with van der Waals surface area (Å²) in [5.74, 6) is -1.06. The molecule has 0 atom stereocenters. The van der Waals surface area contributed by atoms with Crippen LogP contribution >= 0.6 is 11.3 Å². The second-order valence-corrected chi connectivity index (χ2v) is 8.72. The second-order valence-electron chi connectivity index (χ2n) is 7.94. The molecule has 0 unspecified atom stereocenters. The molecule has 7 nitrogen and oxygen atoms in total. The number of aromatic amines is 1. The van der Waals surface area contributed by atoms with Gasteiger partial charge in [-0.3, -0.25) is 4.90 Å². The summed E-state index contributed by atoms with van der Waals surface area (Å²) in [6, 6.07) is 14.8. The van der Waals surface area contributed by atoms with Gasteiger partial charge in [-0.2, -0.15) is 11.3 Å². The number of rotatable bonds is 6. The smallest absolute Gasteiger partial charge is 0.335 e. The van der Waals surface area contributed by atoms with E-state index in [1.807, 2.05) is 29.0 Å². The van der Waals surface area contributed by atoms with Gasteiger partial charge in [-0.1, -0.05) is 12.1 Å². The second kappa shape index (κ2) is 9.19. The van der Waals surface area contributed by atoms with E-state index >= 15 is 0 Å². The van der Waals surface area contributed by atoms with Crippen molar-refractivity contribution in [1.82, 2.24) is 9.88 Å². The average molecular weight is 462 g/mol. The molecule has 5 rings (SSSR count). The number of thiophene rings is 1. The molecule has 0 aliphatic carbocycles. The topological polar surface area (TPSA) is 98.1 Å². The number of carboxylic acid groups (broad SMARTS) is 1. The molecule has 1 aliphatic heterocycles. The minimum atomic E-state index is -1.02. The highest BCUT2D eigenvalue weighted by atomic mass is 32.1. The minimum Gasteiger partial charge on any atom is -0.494 e. The quantitative estimate of drug-likeness (QED) is 0.364. The summed E-state index contributed by atoms with van der Waals surface area (Å²) in [6.07, 6.45) is 0. The number of carbonyl (C=O) groups is 1. The number of ether oxygens (including phenoxy) is 1. The zero-order valence-corrected chi connectivity index (χ0v) is 18.6. The first kappa shape index (κ1) is 21.4. The SMILES string of the molecule is O=C(O)c1ccc2[nH]c(O)c(C(=Nc3ccc(CN4CCOCC4)cc3)c3ccsc3)c2c1. The van der Waals surface area contributed by atoms with Crippen LogP contribution in [-0.4, -0.2) is 58.1 Å². The molecule has 3 heterocycles. The Hall–Kier alpha value is -3.46. The Bertz CT molecular complexity index is 1300. The first-order valence-electron chi connectivity index (χ1n) is 10.7. The van der Waals surface area contributed by atoms with E-state index in [1.165, 1.54) is 23.0 Å². The monoisotopic (exact) mass is 461 g/mol. The molecule has 4 aromatic rings. The van der Waals surface area contributed by atoms with Gasteiger partial charge in [-0.15, -0.1) is 0 Å². The first-order chi connectivity index (χ1) is 16.1. The molecule has 0 amide bonds. The number of hydrogen-bond acceptors (Lipinski definition) is 6. The number of benzene rings is 2. The summed E-state index contributed by atoms with van der Waals surface area (Å²) >= 11 is 1.53. The fraction of sp³-hybridized carbons (Fsp3) is 0.200. The average Bonchev–Trinajstić information content (AvgIpc) is 3.46. The van der Waals surface area contributed by atoms with Crippen molar-refractivity contribution < 1.29 is 19.7 Å². The number of H-pyrrole nitrogens is 1. The maximum absolute atomic E-state index is 11.5. The largest absolute Gasteiger partial charge is 0.494 e. The van der Waals surface area contributed by atoms with Crippen molar-refractivity contribution >= 4 is 39.6 Å². The zero-order chi connectivity index (χ0) is 22.8. The lowest BCUT2D eigenvalue weighted by molar-refractivity contribution is 0.0342. The Labute approximate surface area is 194 Å². The Morgan fingerprint density at radius 3 is 2.58 bits per heavy atom. The Morgan fingerprint density at radius 2 is 1.88 bits per heavy atom. The predicted molar refractivity (Wildman–Crippen MR) is 129 cm³/mol. The van der Waals surface area contributed by atoms with Crippen molar-refractivity contribution in [2.45, 2.75) is 6.54 Å². The van der Waals surface area contributed by atoms with Crippen molar-refractivity contribution in [2.24, 2.45) is 4.99 Å². The molecule has 2 aromatic carbocycles. The summed E-state index contributed by atoms with van der Waals surface area (Å²) in [7, 11) is 0. The fourth-order valence-electron chi connectivity index (χ4n) is 4.04. The van der Waals surface area contributed by atoms with E-state index < -0.39 is 5.97 Å². The maximum Gasteiger partial charge on any atom is 0.335 e. The summed E-state index contributed by atoms with van der Waals surface area (Å²) in [5, 5.41) is 24.7. The number of nitrogens with one attached hydrogen (secondary N) is 1. The molecule has 8 heteroatoms. The Morgan fingerprint density at radius 1 is 1.09 bits per heavy atom.